The average Bonchev–Trinajstić information content (AvgIpc) is 3.29. The molecule has 3 aromatic rings. The molecule has 30 heavy (non-hydrogen) atoms. The first-order chi connectivity index (χ1) is 14.5. The van der Waals surface area contributed by atoms with E-state index in [-0.39, 0.29) is 11.7 Å². The van der Waals surface area contributed by atoms with E-state index in [0.29, 0.717) is 33.5 Å². The summed E-state index contributed by atoms with van der Waals surface area (Å²) in [6, 6.07) is 10.1. The molecule has 2 aromatic carbocycles. The van der Waals surface area contributed by atoms with Crippen molar-refractivity contribution in [3.8, 4) is 17.2 Å². The van der Waals surface area contributed by atoms with E-state index in [1.165, 1.54) is 38.7 Å². The van der Waals surface area contributed by atoms with E-state index >= 15 is 0 Å². The number of allylic oxidation sites excluding steroid dienone is 1. The van der Waals surface area contributed by atoms with Crippen LogP contribution in [0.5, 0.6) is 17.2 Å². The zero-order valence-electron chi connectivity index (χ0n) is 16.7. The summed E-state index contributed by atoms with van der Waals surface area (Å²) in [7, 11) is 4.48. The van der Waals surface area contributed by atoms with Gasteiger partial charge in [-0.05, 0) is 23.8 Å². The highest BCUT2D eigenvalue weighted by atomic mass is 32.1. The molecule has 8 heteroatoms. The van der Waals surface area contributed by atoms with Gasteiger partial charge in [0.05, 0.1) is 21.3 Å². The van der Waals surface area contributed by atoms with Crippen molar-refractivity contribution in [2.24, 2.45) is 0 Å². The van der Waals surface area contributed by atoms with Gasteiger partial charge in [0.1, 0.15) is 22.8 Å². The summed E-state index contributed by atoms with van der Waals surface area (Å²) in [6.07, 6.45) is 4.71. The Labute approximate surface area is 177 Å². The molecule has 154 valence electrons. The molecule has 0 aliphatic carbocycles. The Bertz CT molecular complexity index is 1030. The standard InChI is InChI=1S/C22H20N2O5S/c1-27-16-12-18(28-2)20(19(13-16)29-3)17(25)9-6-14-4-7-15(8-5-14)21(26)24-22-23-10-11-30-22/h4-13H,1-3H3,(H,23,24,26)/b9-6+. The second-order valence-electron chi connectivity index (χ2n) is 6.02. The molecule has 0 fully saturated rings. The first-order valence-electron chi connectivity index (χ1n) is 8.89. The van der Waals surface area contributed by atoms with Gasteiger partial charge in [-0.2, -0.15) is 0 Å². The zero-order valence-corrected chi connectivity index (χ0v) is 17.5. The Morgan fingerprint density at radius 1 is 1.00 bits per heavy atom. The Morgan fingerprint density at radius 3 is 2.20 bits per heavy atom. The number of thiazole rings is 1. The van der Waals surface area contributed by atoms with Gasteiger partial charge in [-0.15, -0.1) is 11.3 Å². The highest BCUT2D eigenvalue weighted by molar-refractivity contribution is 7.13. The van der Waals surface area contributed by atoms with Crippen LogP contribution in [0.25, 0.3) is 6.08 Å². The van der Waals surface area contributed by atoms with Crippen LogP contribution >= 0.6 is 11.3 Å². The van der Waals surface area contributed by atoms with Crippen molar-refractivity contribution >= 4 is 34.2 Å². The normalized spacial score (nSPS) is 10.6. The van der Waals surface area contributed by atoms with Crippen molar-refractivity contribution < 1.29 is 23.8 Å². The van der Waals surface area contributed by atoms with Gasteiger partial charge in [-0.3, -0.25) is 14.9 Å². The van der Waals surface area contributed by atoms with Gasteiger partial charge in [0.25, 0.3) is 5.91 Å². The molecule has 0 aliphatic heterocycles. The monoisotopic (exact) mass is 424 g/mol. The number of hydrogen-bond acceptors (Lipinski definition) is 7. The Kier molecular flexibility index (Phi) is 6.82. The lowest BCUT2D eigenvalue weighted by Crippen LogP contribution is -2.11. The predicted molar refractivity (Wildman–Crippen MR) is 116 cm³/mol. The summed E-state index contributed by atoms with van der Waals surface area (Å²) in [4.78, 5) is 29.0. The van der Waals surface area contributed by atoms with Crippen LogP contribution in [0.4, 0.5) is 5.13 Å². The number of anilines is 1. The van der Waals surface area contributed by atoms with Gasteiger partial charge in [0.15, 0.2) is 10.9 Å². The molecule has 0 spiro atoms. The Hall–Kier alpha value is -3.65. The molecule has 1 aromatic heterocycles. The number of ketones is 1. The fraction of sp³-hybridized carbons (Fsp3) is 0.136. The first kappa shape index (κ1) is 21.1. The van der Waals surface area contributed by atoms with Gasteiger partial charge in [-0.25, -0.2) is 4.98 Å². The van der Waals surface area contributed by atoms with Crippen LogP contribution in [0.2, 0.25) is 0 Å². The van der Waals surface area contributed by atoms with Gasteiger partial charge >= 0.3 is 0 Å². The molecule has 1 amide bonds. The maximum atomic E-state index is 12.8. The van der Waals surface area contributed by atoms with Crippen LogP contribution in [0.15, 0.2) is 54.1 Å². The first-order valence-corrected chi connectivity index (χ1v) is 9.77. The molecular formula is C22H20N2O5S. The second kappa shape index (κ2) is 9.71. The molecule has 3 rings (SSSR count). The van der Waals surface area contributed by atoms with Gasteiger partial charge in [0.2, 0.25) is 0 Å². The number of ether oxygens (including phenoxy) is 3. The van der Waals surface area contributed by atoms with E-state index in [1.54, 1.807) is 54.1 Å². The summed E-state index contributed by atoms with van der Waals surface area (Å²) in [5.41, 5.74) is 1.56. The van der Waals surface area contributed by atoms with Crippen LogP contribution in [0, 0.1) is 0 Å². The number of benzene rings is 2. The summed E-state index contributed by atoms with van der Waals surface area (Å²) in [6.45, 7) is 0. The third kappa shape index (κ3) is 4.84. The highest BCUT2D eigenvalue weighted by Crippen LogP contribution is 2.34. The van der Waals surface area contributed by atoms with Crippen molar-refractivity contribution in [2.75, 3.05) is 26.6 Å². The van der Waals surface area contributed by atoms with Crippen LogP contribution in [-0.4, -0.2) is 38.0 Å². The summed E-state index contributed by atoms with van der Waals surface area (Å²) < 4.78 is 15.9. The molecule has 0 bridgehead atoms. The largest absolute Gasteiger partial charge is 0.496 e. The molecule has 0 radical (unpaired) electrons. The van der Waals surface area contributed by atoms with Gasteiger partial charge in [-0.1, -0.05) is 18.2 Å². The molecule has 0 aliphatic rings. The summed E-state index contributed by atoms with van der Waals surface area (Å²) in [5.74, 6) is 0.710. The van der Waals surface area contributed by atoms with E-state index in [0.717, 1.165) is 5.56 Å². The number of hydrogen-bond donors (Lipinski definition) is 1. The molecule has 1 N–H and O–H groups in total. The number of aromatic nitrogens is 1. The quantitative estimate of drug-likeness (QED) is 0.428. The molecule has 0 atom stereocenters. The second-order valence-corrected chi connectivity index (χ2v) is 6.91. The van der Waals surface area contributed by atoms with Crippen molar-refractivity contribution in [3.63, 3.8) is 0 Å². The number of carbonyl (C=O) groups excluding carboxylic acids is 2. The SMILES string of the molecule is COc1cc(OC)c(C(=O)/C=C/c2ccc(C(=O)Nc3nccs3)cc2)c(OC)c1. The number of nitrogens with zero attached hydrogens (tertiary/aromatic N) is 1. The number of carbonyl (C=O) groups is 2. The average molecular weight is 424 g/mol. The lowest BCUT2D eigenvalue weighted by molar-refractivity contribution is 0.102. The maximum absolute atomic E-state index is 12.8. The summed E-state index contributed by atoms with van der Waals surface area (Å²) in [5, 5.41) is 5.05. The third-order valence-corrected chi connectivity index (χ3v) is 4.90. The van der Waals surface area contributed by atoms with Crippen molar-refractivity contribution in [1.82, 2.24) is 4.98 Å². The molecule has 0 saturated heterocycles. The van der Waals surface area contributed by atoms with Crippen molar-refractivity contribution in [1.29, 1.82) is 0 Å². The smallest absolute Gasteiger partial charge is 0.257 e. The van der Waals surface area contributed by atoms with Gasteiger partial charge < -0.3 is 14.2 Å². The third-order valence-electron chi connectivity index (χ3n) is 4.21. The maximum Gasteiger partial charge on any atom is 0.257 e. The minimum atomic E-state index is -0.281. The molecule has 0 unspecified atom stereocenters. The minimum absolute atomic E-state index is 0.246. The number of amides is 1. The topological polar surface area (TPSA) is 86.8 Å². The van der Waals surface area contributed by atoms with Gasteiger partial charge in [0, 0.05) is 29.3 Å². The number of methoxy groups -OCH3 is 3. The van der Waals surface area contributed by atoms with E-state index in [1.807, 2.05) is 0 Å². The van der Waals surface area contributed by atoms with Crippen LogP contribution in [0.1, 0.15) is 26.3 Å². The number of nitrogens with one attached hydrogen (secondary N) is 1. The fourth-order valence-electron chi connectivity index (χ4n) is 2.70. The Morgan fingerprint density at radius 2 is 1.67 bits per heavy atom. The van der Waals surface area contributed by atoms with Crippen molar-refractivity contribution in [2.45, 2.75) is 0 Å². The van der Waals surface area contributed by atoms with E-state index in [4.69, 9.17) is 14.2 Å². The molecule has 0 saturated carbocycles. The zero-order chi connectivity index (χ0) is 21.5. The van der Waals surface area contributed by atoms with Crippen LogP contribution in [0.3, 0.4) is 0 Å². The Balaban J connectivity index is 1.76. The van der Waals surface area contributed by atoms with Crippen molar-refractivity contribution in [3.05, 3.63) is 70.7 Å². The lowest BCUT2D eigenvalue weighted by atomic mass is 10.1. The summed E-state index contributed by atoms with van der Waals surface area (Å²) >= 11 is 1.35. The molecule has 1 heterocycles. The number of rotatable bonds is 8. The lowest BCUT2D eigenvalue weighted by Gasteiger charge is -2.13. The van der Waals surface area contributed by atoms with Crippen LogP contribution in [-0.2, 0) is 0 Å². The van der Waals surface area contributed by atoms with E-state index in [9.17, 15) is 9.59 Å². The highest BCUT2D eigenvalue weighted by Gasteiger charge is 2.18. The van der Waals surface area contributed by atoms with E-state index < -0.39 is 0 Å². The van der Waals surface area contributed by atoms with E-state index in [2.05, 4.69) is 10.3 Å². The predicted octanol–water partition coefficient (Wildman–Crippen LogP) is 4.32. The van der Waals surface area contributed by atoms with Crippen LogP contribution < -0.4 is 19.5 Å². The molecular weight excluding hydrogens is 404 g/mol. The molecule has 7 nitrogen and oxygen atoms in total. The minimum Gasteiger partial charge on any atom is -0.496 e. The fourth-order valence-corrected chi connectivity index (χ4v) is 3.23.